The summed E-state index contributed by atoms with van der Waals surface area (Å²) >= 11 is 6.08. The predicted octanol–water partition coefficient (Wildman–Crippen LogP) is 2.13. The van der Waals surface area contributed by atoms with Crippen molar-refractivity contribution >= 4 is 17.3 Å². The van der Waals surface area contributed by atoms with Crippen molar-refractivity contribution in [3.05, 3.63) is 22.7 Å². The summed E-state index contributed by atoms with van der Waals surface area (Å²) in [6.07, 6.45) is 1.03. The van der Waals surface area contributed by atoms with Crippen molar-refractivity contribution in [1.29, 1.82) is 0 Å². The number of hydrogen-bond donors (Lipinski definition) is 1. The van der Waals surface area contributed by atoms with E-state index >= 15 is 0 Å². The van der Waals surface area contributed by atoms with Crippen LogP contribution in [-0.4, -0.2) is 26.3 Å². The van der Waals surface area contributed by atoms with Crippen molar-refractivity contribution in [3.63, 3.8) is 0 Å². The molecule has 0 aromatic heterocycles. The minimum atomic E-state index is 0.0932. The number of halogens is 1. The number of methoxy groups -OCH3 is 1. The van der Waals surface area contributed by atoms with E-state index in [0.29, 0.717) is 0 Å². The Morgan fingerprint density at radius 1 is 1.47 bits per heavy atom. The van der Waals surface area contributed by atoms with E-state index in [-0.39, 0.29) is 6.10 Å². The van der Waals surface area contributed by atoms with Gasteiger partial charge in [-0.2, -0.15) is 0 Å². The fourth-order valence-corrected chi connectivity index (χ4v) is 2.27. The van der Waals surface area contributed by atoms with Crippen LogP contribution in [0.2, 0.25) is 5.02 Å². The second-order valence-corrected chi connectivity index (χ2v) is 4.67. The Balaban J connectivity index is 2.28. The van der Waals surface area contributed by atoms with Gasteiger partial charge in [-0.25, -0.2) is 5.90 Å². The van der Waals surface area contributed by atoms with Gasteiger partial charge in [0, 0.05) is 24.2 Å². The lowest BCUT2D eigenvalue weighted by Gasteiger charge is -2.22. The van der Waals surface area contributed by atoms with E-state index in [9.17, 15) is 0 Å². The van der Waals surface area contributed by atoms with Gasteiger partial charge in [0.15, 0.2) is 0 Å². The highest BCUT2D eigenvalue weighted by atomic mass is 35.5. The third-order valence-electron chi connectivity index (χ3n) is 3.14. The molecule has 1 heterocycles. The third kappa shape index (κ3) is 2.49. The number of nitrogens with two attached hydrogens (primary N) is 1. The molecule has 1 aromatic carbocycles. The summed E-state index contributed by atoms with van der Waals surface area (Å²) in [4.78, 5) is 7.09. The first-order chi connectivity index (χ1) is 8.15. The maximum absolute atomic E-state index is 6.08. The van der Waals surface area contributed by atoms with Gasteiger partial charge in [0.05, 0.1) is 18.9 Å². The Morgan fingerprint density at radius 3 is 2.82 bits per heavy atom. The fourth-order valence-electron chi connectivity index (χ4n) is 2.12. The molecule has 0 amide bonds. The normalized spacial score (nSPS) is 19.8. The molecular formula is C12H17ClN2O2. The zero-order valence-corrected chi connectivity index (χ0v) is 10.8. The summed E-state index contributed by atoms with van der Waals surface area (Å²) in [5, 5.41) is 0.719. The number of aryl methyl sites for hydroxylation is 1. The molecule has 1 aliphatic heterocycles. The number of rotatable bonds is 3. The van der Waals surface area contributed by atoms with E-state index in [4.69, 9.17) is 27.1 Å². The number of nitrogens with zero attached hydrogens (tertiary/aromatic N) is 1. The van der Waals surface area contributed by atoms with Gasteiger partial charge in [0.2, 0.25) is 0 Å². The summed E-state index contributed by atoms with van der Waals surface area (Å²) in [7, 11) is 1.65. The van der Waals surface area contributed by atoms with E-state index in [2.05, 4.69) is 4.90 Å². The quantitative estimate of drug-likeness (QED) is 0.842. The maximum atomic E-state index is 6.08. The molecule has 1 aliphatic rings. The minimum Gasteiger partial charge on any atom is -0.495 e. The van der Waals surface area contributed by atoms with Gasteiger partial charge in [0.1, 0.15) is 5.75 Å². The van der Waals surface area contributed by atoms with Crippen LogP contribution in [-0.2, 0) is 4.84 Å². The lowest BCUT2D eigenvalue weighted by Crippen LogP contribution is -2.25. The molecule has 2 N–H and O–H groups in total. The highest BCUT2D eigenvalue weighted by Gasteiger charge is 2.25. The molecule has 0 radical (unpaired) electrons. The first-order valence-corrected chi connectivity index (χ1v) is 5.98. The molecule has 1 saturated heterocycles. The molecular weight excluding hydrogens is 240 g/mol. The van der Waals surface area contributed by atoms with E-state index in [0.717, 1.165) is 41.5 Å². The standard InChI is InChI=1S/C12H17ClN2O2/c1-8-5-11(12(16-2)6-10(8)13)15-4-3-9(7-15)17-14/h5-6,9H,3-4,7,14H2,1-2H3. The average molecular weight is 257 g/mol. The van der Waals surface area contributed by atoms with Crippen LogP contribution in [0.25, 0.3) is 0 Å². The lowest BCUT2D eigenvalue weighted by atomic mass is 10.2. The second-order valence-electron chi connectivity index (χ2n) is 4.27. The molecule has 5 heteroatoms. The van der Waals surface area contributed by atoms with Gasteiger partial charge in [-0.15, -0.1) is 0 Å². The smallest absolute Gasteiger partial charge is 0.143 e. The van der Waals surface area contributed by atoms with Crippen molar-refractivity contribution < 1.29 is 9.57 Å². The van der Waals surface area contributed by atoms with Crippen LogP contribution in [0.4, 0.5) is 5.69 Å². The summed E-state index contributed by atoms with van der Waals surface area (Å²) in [6.45, 7) is 3.69. The molecule has 4 nitrogen and oxygen atoms in total. The Bertz CT molecular complexity index is 412. The Kier molecular flexibility index (Phi) is 3.76. The summed E-state index contributed by atoms with van der Waals surface area (Å²) in [5.41, 5.74) is 2.09. The Morgan fingerprint density at radius 2 is 2.24 bits per heavy atom. The molecule has 0 saturated carbocycles. The fraction of sp³-hybridized carbons (Fsp3) is 0.500. The zero-order chi connectivity index (χ0) is 12.4. The summed E-state index contributed by atoms with van der Waals surface area (Å²) in [6, 6.07) is 3.89. The Labute approximate surface area is 106 Å². The second kappa shape index (κ2) is 5.12. The first-order valence-electron chi connectivity index (χ1n) is 5.60. The van der Waals surface area contributed by atoms with E-state index in [1.165, 1.54) is 0 Å². The molecule has 1 aromatic rings. The molecule has 17 heavy (non-hydrogen) atoms. The molecule has 0 bridgehead atoms. The zero-order valence-electron chi connectivity index (χ0n) is 10.1. The molecule has 1 fully saturated rings. The number of benzene rings is 1. The largest absolute Gasteiger partial charge is 0.495 e. The van der Waals surface area contributed by atoms with E-state index in [1.54, 1.807) is 7.11 Å². The van der Waals surface area contributed by atoms with Gasteiger partial charge in [-0.1, -0.05) is 11.6 Å². The molecule has 0 spiro atoms. The van der Waals surface area contributed by atoms with Crippen LogP contribution in [0.5, 0.6) is 5.75 Å². The van der Waals surface area contributed by atoms with Gasteiger partial charge in [0.25, 0.3) is 0 Å². The monoisotopic (exact) mass is 256 g/mol. The number of anilines is 1. The van der Waals surface area contributed by atoms with Crippen LogP contribution in [0, 0.1) is 6.92 Å². The van der Waals surface area contributed by atoms with Crippen molar-refractivity contribution in [2.45, 2.75) is 19.4 Å². The molecule has 2 rings (SSSR count). The van der Waals surface area contributed by atoms with Crippen LogP contribution < -0.4 is 15.5 Å². The maximum Gasteiger partial charge on any atom is 0.143 e. The predicted molar refractivity (Wildman–Crippen MR) is 68.6 cm³/mol. The van der Waals surface area contributed by atoms with Crippen molar-refractivity contribution in [3.8, 4) is 5.75 Å². The van der Waals surface area contributed by atoms with Crippen LogP contribution in [0.3, 0.4) is 0 Å². The van der Waals surface area contributed by atoms with Crippen LogP contribution in [0.1, 0.15) is 12.0 Å². The molecule has 1 unspecified atom stereocenters. The lowest BCUT2D eigenvalue weighted by molar-refractivity contribution is 0.0690. The number of hydrogen-bond acceptors (Lipinski definition) is 4. The van der Waals surface area contributed by atoms with Crippen LogP contribution in [0.15, 0.2) is 12.1 Å². The van der Waals surface area contributed by atoms with Crippen molar-refractivity contribution in [2.75, 3.05) is 25.1 Å². The highest BCUT2D eigenvalue weighted by molar-refractivity contribution is 6.31. The molecule has 94 valence electrons. The van der Waals surface area contributed by atoms with Gasteiger partial charge >= 0.3 is 0 Å². The number of ether oxygens (including phenoxy) is 1. The van der Waals surface area contributed by atoms with Crippen molar-refractivity contribution in [2.24, 2.45) is 5.90 Å². The SMILES string of the molecule is COc1cc(Cl)c(C)cc1N1CCC(ON)C1. The Hall–Kier alpha value is -0.970. The van der Waals surface area contributed by atoms with E-state index < -0.39 is 0 Å². The first kappa shape index (κ1) is 12.5. The van der Waals surface area contributed by atoms with E-state index in [1.807, 2.05) is 19.1 Å². The van der Waals surface area contributed by atoms with Crippen molar-refractivity contribution in [1.82, 2.24) is 0 Å². The minimum absolute atomic E-state index is 0.0932. The highest BCUT2D eigenvalue weighted by Crippen LogP contribution is 2.35. The van der Waals surface area contributed by atoms with Gasteiger partial charge in [-0.05, 0) is 25.0 Å². The summed E-state index contributed by atoms with van der Waals surface area (Å²) < 4.78 is 5.36. The average Bonchev–Trinajstić information content (AvgIpc) is 2.80. The molecule has 0 aliphatic carbocycles. The van der Waals surface area contributed by atoms with Gasteiger partial charge in [-0.3, -0.25) is 4.84 Å². The van der Waals surface area contributed by atoms with Gasteiger partial charge < -0.3 is 9.64 Å². The third-order valence-corrected chi connectivity index (χ3v) is 3.55. The topological polar surface area (TPSA) is 47.7 Å². The molecule has 1 atom stereocenters. The van der Waals surface area contributed by atoms with Crippen LogP contribution >= 0.6 is 11.6 Å². The summed E-state index contributed by atoms with van der Waals surface area (Å²) in [5.74, 6) is 6.01.